The number of fused-ring (bicyclic) bond motifs is 4. The van der Waals surface area contributed by atoms with E-state index >= 15 is 0 Å². The van der Waals surface area contributed by atoms with E-state index < -0.39 is 0 Å². The van der Waals surface area contributed by atoms with Gasteiger partial charge in [-0.2, -0.15) is 16.7 Å². The van der Waals surface area contributed by atoms with Gasteiger partial charge in [-0.1, -0.05) is 5.16 Å². The van der Waals surface area contributed by atoms with Gasteiger partial charge in [-0.05, 0) is 37.9 Å². The van der Waals surface area contributed by atoms with Crippen LogP contribution in [0.2, 0.25) is 0 Å². The number of hydrogen-bond acceptors (Lipinski definition) is 7. The third-order valence-corrected chi connectivity index (χ3v) is 6.23. The summed E-state index contributed by atoms with van der Waals surface area (Å²) in [5.74, 6) is 3.21. The van der Waals surface area contributed by atoms with E-state index in [-0.39, 0.29) is 0 Å². The summed E-state index contributed by atoms with van der Waals surface area (Å²) < 4.78 is 11.0. The number of aromatic nitrogens is 2. The van der Waals surface area contributed by atoms with Crippen molar-refractivity contribution in [2.24, 2.45) is 5.92 Å². The molecule has 2 atom stereocenters. The Morgan fingerprint density at radius 1 is 1.08 bits per heavy atom. The molecule has 4 aliphatic heterocycles. The highest BCUT2D eigenvalue weighted by Gasteiger charge is 2.37. The van der Waals surface area contributed by atoms with Crippen molar-refractivity contribution in [3.8, 4) is 0 Å². The van der Waals surface area contributed by atoms with Gasteiger partial charge in [-0.15, -0.1) is 0 Å². The molecule has 4 fully saturated rings. The maximum absolute atomic E-state index is 5.55. The molecule has 0 amide bonds. The lowest BCUT2D eigenvalue weighted by Gasteiger charge is -2.36. The molecule has 5 heterocycles. The number of thioether (sulfide) groups is 1. The van der Waals surface area contributed by atoms with Gasteiger partial charge in [0.15, 0.2) is 5.82 Å². The molecule has 5 rings (SSSR count). The highest BCUT2D eigenvalue weighted by molar-refractivity contribution is 7.97. The van der Waals surface area contributed by atoms with E-state index in [4.69, 9.17) is 9.26 Å². The first kappa shape index (κ1) is 16.8. The van der Waals surface area contributed by atoms with Crippen LogP contribution in [0, 0.1) is 5.92 Å². The van der Waals surface area contributed by atoms with Crippen LogP contribution in [0.1, 0.15) is 37.4 Å². The monoisotopic (exact) mass is 352 g/mol. The van der Waals surface area contributed by atoms with Gasteiger partial charge in [-0.3, -0.25) is 9.80 Å². The summed E-state index contributed by atoms with van der Waals surface area (Å²) in [7, 11) is 0. The molecule has 0 spiro atoms. The number of hydrogen-bond donors (Lipinski definition) is 0. The Labute approximate surface area is 148 Å². The van der Waals surface area contributed by atoms with E-state index in [9.17, 15) is 0 Å². The minimum atomic E-state index is 0.627. The Bertz CT molecular complexity index is 534. The van der Waals surface area contributed by atoms with Crippen LogP contribution in [0.15, 0.2) is 4.52 Å². The molecule has 6 nitrogen and oxygen atoms in total. The maximum atomic E-state index is 5.55. The smallest absolute Gasteiger partial charge is 0.240 e. The summed E-state index contributed by atoms with van der Waals surface area (Å²) >= 11 is 1.73. The molecule has 4 saturated heterocycles. The number of ether oxygens (including phenoxy) is 1. The molecule has 0 aromatic carbocycles. The van der Waals surface area contributed by atoms with Crippen molar-refractivity contribution >= 4 is 11.8 Å². The highest BCUT2D eigenvalue weighted by Crippen LogP contribution is 2.31. The van der Waals surface area contributed by atoms with E-state index in [0.717, 1.165) is 49.2 Å². The Hall–Kier alpha value is -0.630. The van der Waals surface area contributed by atoms with Crippen LogP contribution in [0.3, 0.4) is 0 Å². The second-order valence-electron chi connectivity index (χ2n) is 7.36. The van der Waals surface area contributed by atoms with Crippen molar-refractivity contribution in [2.45, 2.75) is 50.1 Å². The molecular formula is C17H28N4O2S. The first-order valence-corrected chi connectivity index (χ1v) is 10.6. The zero-order valence-electron chi connectivity index (χ0n) is 14.5. The SMILES string of the molecule is CSCc1noc(CN2C[C@H]3CC[C@@H]2CN(C2CCOCC2)C3)n1. The normalized spacial score (nSPS) is 29.9. The van der Waals surface area contributed by atoms with Gasteiger partial charge < -0.3 is 9.26 Å². The molecule has 4 aliphatic rings. The molecule has 24 heavy (non-hydrogen) atoms. The fourth-order valence-corrected chi connectivity index (χ4v) is 4.85. The zero-order valence-corrected chi connectivity index (χ0v) is 15.3. The first-order valence-electron chi connectivity index (χ1n) is 9.18. The average molecular weight is 353 g/mol. The molecule has 134 valence electrons. The lowest BCUT2D eigenvalue weighted by molar-refractivity contribution is 0.0305. The van der Waals surface area contributed by atoms with Gasteiger partial charge >= 0.3 is 0 Å². The van der Waals surface area contributed by atoms with Gasteiger partial charge in [0.2, 0.25) is 5.89 Å². The van der Waals surface area contributed by atoms with Gasteiger partial charge in [0.1, 0.15) is 0 Å². The molecule has 1 aromatic heterocycles. The Morgan fingerprint density at radius 2 is 1.96 bits per heavy atom. The van der Waals surface area contributed by atoms with E-state index in [1.54, 1.807) is 11.8 Å². The lowest BCUT2D eigenvalue weighted by atomic mass is 9.95. The second kappa shape index (κ2) is 7.72. The predicted octanol–water partition coefficient (Wildman–Crippen LogP) is 2.01. The summed E-state index contributed by atoms with van der Waals surface area (Å²) in [6, 6.07) is 1.35. The summed E-state index contributed by atoms with van der Waals surface area (Å²) in [4.78, 5) is 9.88. The van der Waals surface area contributed by atoms with Crippen molar-refractivity contribution in [1.82, 2.24) is 19.9 Å². The van der Waals surface area contributed by atoms with Crippen LogP contribution in [0.4, 0.5) is 0 Å². The molecule has 0 saturated carbocycles. The molecule has 0 aliphatic carbocycles. The molecular weight excluding hydrogens is 324 g/mol. The third-order valence-electron chi connectivity index (χ3n) is 5.68. The standard InChI is InChI=1S/C17H28N4O2S/c1-24-12-16-18-17(23-19-16)11-21-9-13-2-3-15(21)10-20(8-13)14-4-6-22-7-5-14/h13-15H,2-12H2,1H3/t13-,15+/m0/s1. The van der Waals surface area contributed by atoms with Crippen LogP contribution in [0.25, 0.3) is 0 Å². The fourth-order valence-electron chi connectivity index (χ4n) is 4.47. The second-order valence-corrected chi connectivity index (χ2v) is 8.23. The van der Waals surface area contributed by atoms with Crippen molar-refractivity contribution in [1.29, 1.82) is 0 Å². The van der Waals surface area contributed by atoms with Gasteiger partial charge in [0.25, 0.3) is 0 Å². The zero-order chi connectivity index (χ0) is 16.4. The van der Waals surface area contributed by atoms with Crippen molar-refractivity contribution in [3.05, 3.63) is 11.7 Å². The predicted molar refractivity (Wildman–Crippen MR) is 93.9 cm³/mol. The molecule has 0 unspecified atom stereocenters. The molecule has 2 bridgehead atoms. The first-order chi connectivity index (χ1) is 11.8. The van der Waals surface area contributed by atoms with Crippen LogP contribution in [-0.2, 0) is 17.0 Å². The van der Waals surface area contributed by atoms with Gasteiger partial charge in [0, 0.05) is 44.9 Å². The fraction of sp³-hybridized carbons (Fsp3) is 0.882. The quantitative estimate of drug-likeness (QED) is 0.803. The molecule has 1 aromatic rings. The number of rotatable bonds is 5. The third kappa shape index (κ3) is 3.79. The summed E-state index contributed by atoms with van der Waals surface area (Å²) in [6.07, 6.45) is 7.12. The van der Waals surface area contributed by atoms with Gasteiger partial charge in [0.05, 0.1) is 12.3 Å². The van der Waals surface area contributed by atoms with Crippen LogP contribution < -0.4 is 0 Å². The van der Waals surface area contributed by atoms with Crippen molar-refractivity contribution in [2.75, 3.05) is 39.1 Å². The Kier molecular flexibility index (Phi) is 5.41. The van der Waals surface area contributed by atoms with Crippen molar-refractivity contribution < 1.29 is 9.26 Å². The molecule has 0 N–H and O–H groups in total. The largest absolute Gasteiger partial charge is 0.381 e. The van der Waals surface area contributed by atoms with E-state index in [2.05, 4.69) is 26.2 Å². The topological polar surface area (TPSA) is 54.6 Å². The van der Waals surface area contributed by atoms with Crippen LogP contribution >= 0.6 is 11.8 Å². The molecule has 7 heteroatoms. The van der Waals surface area contributed by atoms with Crippen LogP contribution in [-0.4, -0.2) is 71.1 Å². The minimum absolute atomic E-state index is 0.627. The van der Waals surface area contributed by atoms with E-state index in [1.807, 2.05) is 0 Å². The van der Waals surface area contributed by atoms with Gasteiger partial charge in [-0.25, -0.2) is 0 Å². The summed E-state index contributed by atoms with van der Waals surface area (Å²) in [6.45, 7) is 6.28. The van der Waals surface area contributed by atoms with E-state index in [0.29, 0.717) is 6.04 Å². The maximum Gasteiger partial charge on any atom is 0.240 e. The number of piperidine rings is 1. The number of nitrogens with zero attached hydrogens (tertiary/aromatic N) is 4. The Balaban J connectivity index is 1.40. The van der Waals surface area contributed by atoms with Crippen molar-refractivity contribution in [3.63, 3.8) is 0 Å². The van der Waals surface area contributed by atoms with E-state index in [1.165, 1.54) is 45.3 Å². The minimum Gasteiger partial charge on any atom is -0.381 e. The average Bonchev–Trinajstić information content (AvgIpc) is 2.85. The highest BCUT2D eigenvalue weighted by atomic mass is 32.2. The van der Waals surface area contributed by atoms with Crippen LogP contribution in [0.5, 0.6) is 0 Å². The summed E-state index contributed by atoms with van der Waals surface area (Å²) in [5, 5.41) is 4.09. The molecule has 0 radical (unpaired) electrons. The Morgan fingerprint density at radius 3 is 2.79 bits per heavy atom. The lowest BCUT2D eigenvalue weighted by Crippen LogP contribution is -2.45. The summed E-state index contributed by atoms with van der Waals surface area (Å²) in [5.41, 5.74) is 0.